The van der Waals surface area contributed by atoms with Gasteiger partial charge in [-0.05, 0) is 37.8 Å². The number of likely N-dealkylation sites (N-methyl/N-ethyl adjacent to an activating group) is 1. The van der Waals surface area contributed by atoms with E-state index in [1.54, 1.807) is 13.1 Å². The topological polar surface area (TPSA) is 120 Å². The third-order valence-corrected chi connectivity index (χ3v) is 5.02. The molecule has 8 heteroatoms. The summed E-state index contributed by atoms with van der Waals surface area (Å²) in [5.41, 5.74) is 5.74. The first kappa shape index (κ1) is 16.5. The minimum absolute atomic E-state index is 0.0275. The van der Waals surface area contributed by atoms with Gasteiger partial charge in [0.25, 0.3) is 11.8 Å². The Morgan fingerprint density at radius 2 is 1.83 bits per heavy atom. The number of hydrogen-bond acceptors (Lipinski definition) is 4. The lowest BCUT2D eigenvalue weighted by molar-refractivity contribution is -0.123. The van der Waals surface area contributed by atoms with Crippen molar-refractivity contribution in [2.45, 2.75) is 43.8 Å². The van der Waals surface area contributed by atoms with Gasteiger partial charge in [0.2, 0.25) is 5.91 Å². The van der Waals surface area contributed by atoms with Crippen molar-refractivity contribution in [1.29, 1.82) is 0 Å². The molecule has 0 saturated carbocycles. The number of nitrogens with two attached hydrogens (primary N) is 1. The van der Waals surface area contributed by atoms with Gasteiger partial charge in [-0.25, -0.2) is 0 Å². The van der Waals surface area contributed by atoms with Crippen LogP contribution in [0.2, 0.25) is 0 Å². The molecule has 3 amide bonds. The first-order chi connectivity index (χ1) is 11.5. The Hall–Kier alpha value is -2.35. The van der Waals surface area contributed by atoms with Crippen molar-refractivity contribution in [1.82, 2.24) is 20.5 Å². The van der Waals surface area contributed by atoms with Crippen LogP contribution in [0.5, 0.6) is 0 Å². The molecule has 3 rings (SSSR count). The standard InChI is InChI=1S/C16H23N5O3/c1-18-14(22)8-21-10-2-3-11(21)7-9(6-10)19-16(24)13-5-4-12(20-13)15(17)23/h4-5,9-11,20H,2-3,6-8H2,1H3,(H2,17,23)(H,18,22)(H,19,24). The van der Waals surface area contributed by atoms with Crippen LogP contribution in [0.25, 0.3) is 0 Å². The summed E-state index contributed by atoms with van der Waals surface area (Å²) >= 11 is 0. The summed E-state index contributed by atoms with van der Waals surface area (Å²) in [4.78, 5) is 40.0. The molecule has 2 atom stereocenters. The molecule has 24 heavy (non-hydrogen) atoms. The van der Waals surface area contributed by atoms with Gasteiger partial charge in [0.15, 0.2) is 0 Å². The highest BCUT2D eigenvalue weighted by molar-refractivity contribution is 5.96. The van der Waals surface area contributed by atoms with E-state index < -0.39 is 5.91 Å². The van der Waals surface area contributed by atoms with E-state index in [0.717, 1.165) is 25.7 Å². The summed E-state index contributed by atoms with van der Waals surface area (Å²) in [6.45, 7) is 0.422. The number of nitrogens with one attached hydrogen (secondary N) is 3. The van der Waals surface area contributed by atoms with E-state index in [9.17, 15) is 14.4 Å². The third-order valence-electron chi connectivity index (χ3n) is 5.02. The van der Waals surface area contributed by atoms with E-state index >= 15 is 0 Å². The average molecular weight is 333 g/mol. The monoisotopic (exact) mass is 333 g/mol. The highest BCUT2D eigenvalue weighted by atomic mass is 16.2. The first-order valence-corrected chi connectivity index (χ1v) is 8.24. The second-order valence-electron chi connectivity index (χ2n) is 6.52. The summed E-state index contributed by atoms with van der Waals surface area (Å²) in [6, 6.07) is 3.81. The number of aromatic amines is 1. The number of aromatic nitrogens is 1. The molecule has 0 aliphatic carbocycles. The summed E-state index contributed by atoms with van der Waals surface area (Å²) in [5.74, 6) is -0.791. The molecule has 2 unspecified atom stereocenters. The van der Waals surface area contributed by atoms with Crippen LogP contribution in [0.1, 0.15) is 46.7 Å². The zero-order valence-corrected chi connectivity index (χ0v) is 13.7. The fraction of sp³-hybridized carbons (Fsp3) is 0.562. The smallest absolute Gasteiger partial charge is 0.267 e. The molecule has 1 aromatic rings. The molecule has 0 spiro atoms. The summed E-state index contributed by atoms with van der Waals surface area (Å²) in [7, 11) is 1.65. The predicted molar refractivity (Wildman–Crippen MR) is 87.4 cm³/mol. The molecule has 8 nitrogen and oxygen atoms in total. The maximum Gasteiger partial charge on any atom is 0.267 e. The Labute approximate surface area is 140 Å². The molecular weight excluding hydrogens is 310 g/mol. The second kappa shape index (κ2) is 6.64. The number of primary amides is 1. The van der Waals surface area contributed by atoms with Gasteiger partial charge >= 0.3 is 0 Å². The number of nitrogens with zero attached hydrogens (tertiary/aromatic N) is 1. The number of fused-ring (bicyclic) bond motifs is 2. The van der Waals surface area contributed by atoms with Crippen LogP contribution in [0.4, 0.5) is 0 Å². The molecule has 2 aliphatic rings. The third kappa shape index (κ3) is 3.28. The SMILES string of the molecule is CNC(=O)CN1C2CCC1CC(NC(=O)c1ccc(C(N)=O)[nH]1)C2. The van der Waals surface area contributed by atoms with Crippen molar-refractivity contribution in [3.8, 4) is 0 Å². The van der Waals surface area contributed by atoms with Gasteiger partial charge in [0.1, 0.15) is 11.4 Å². The summed E-state index contributed by atoms with van der Waals surface area (Å²) in [5, 5.41) is 5.69. The van der Waals surface area contributed by atoms with E-state index in [1.165, 1.54) is 6.07 Å². The number of carbonyl (C=O) groups excluding carboxylic acids is 3. The minimum Gasteiger partial charge on any atom is -0.364 e. The van der Waals surface area contributed by atoms with Gasteiger partial charge in [0, 0.05) is 25.2 Å². The average Bonchev–Trinajstić information content (AvgIpc) is 3.12. The van der Waals surface area contributed by atoms with E-state index in [4.69, 9.17) is 5.73 Å². The fourth-order valence-corrected chi connectivity index (χ4v) is 3.83. The van der Waals surface area contributed by atoms with Crippen LogP contribution in [0.15, 0.2) is 12.1 Å². The molecule has 0 radical (unpaired) electrons. The quantitative estimate of drug-likeness (QED) is 0.585. The van der Waals surface area contributed by atoms with Crippen LogP contribution in [-0.4, -0.2) is 59.3 Å². The maximum atomic E-state index is 12.3. The molecule has 130 valence electrons. The molecular formula is C16H23N5O3. The molecule has 2 saturated heterocycles. The molecule has 0 aromatic carbocycles. The van der Waals surface area contributed by atoms with E-state index in [-0.39, 0.29) is 23.6 Å². The van der Waals surface area contributed by atoms with Gasteiger partial charge in [-0.2, -0.15) is 0 Å². The summed E-state index contributed by atoms with van der Waals surface area (Å²) < 4.78 is 0. The van der Waals surface area contributed by atoms with E-state index in [0.29, 0.717) is 24.3 Å². The number of carbonyl (C=O) groups is 3. The number of hydrogen-bond donors (Lipinski definition) is 4. The molecule has 2 bridgehead atoms. The van der Waals surface area contributed by atoms with E-state index in [2.05, 4.69) is 20.5 Å². The van der Waals surface area contributed by atoms with Crippen molar-refractivity contribution >= 4 is 17.7 Å². The number of rotatable bonds is 5. The Bertz CT molecular complexity index is 642. The molecule has 2 fully saturated rings. The highest BCUT2D eigenvalue weighted by Crippen LogP contribution is 2.35. The van der Waals surface area contributed by atoms with Gasteiger partial charge in [-0.15, -0.1) is 0 Å². The van der Waals surface area contributed by atoms with Crippen molar-refractivity contribution in [3.63, 3.8) is 0 Å². The number of piperidine rings is 1. The zero-order valence-electron chi connectivity index (χ0n) is 13.7. The van der Waals surface area contributed by atoms with Gasteiger partial charge in [-0.3, -0.25) is 19.3 Å². The molecule has 5 N–H and O–H groups in total. The van der Waals surface area contributed by atoms with Crippen molar-refractivity contribution in [3.05, 3.63) is 23.5 Å². The molecule has 2 aliphatic heterocycles. The Kier molecular flexibility index (Phi) is 4.57. The summed E-state index contributed by atoms with van der Waals surface area (Å²) in [6.07, 6.45) is 3.79. The first-order valence-electron chi connectivity index (χ1n) is 8.24. The maximum absolute atomic E-state index is 12.3. The lowest BCUT2D eigenvalue weighted by atomic mass is 9.97. The zero-order chi connectivity index (χ0) is 17.3. The van der Waals surface area contributed by atoms with Crippen molar-refractivity contribution in [2.75, 3.05) is 13.6 Å². The van der Waals surface area contributed by atoms with Crippen LogP contribution < -0.4 is 16.4 Å². The molecule has 1 aromatic heterocycles. The number of amides is 3. The lowest BCUT2D eigenvalue weighted by Gasteiger charge is -2.38. The normalized spacial score (nSPS) is 26.1. The largest absolute Gasteiger partial charge is 0.364 e. The van der Waals surface area contributed by atoms with Crippen molar-refractivity contribution in [2.24, 2.45) is 5.73 Å². The lowest BCUT2D eigenvalue weighted by Crippen LogP contribution is -2.52. The minimum atomic E-state index is -0.588. The van der Waals surface area contributed by atoms with Gasteiger partial charge in [0.05, 0.1) is 6.54 Å². The van der Waals surface area contributed by atoms with Gasteiger partial charge in [-0.1, -0.05) is 0 Å². The van der Waals surface area contributed by atoms with Crippen LogP contribution in [-0.2, 0) is 4.79 Å². The van der Waals surface area contributed by atoms with Gasteiger partial charge < -0.3 is 21.4 Å². The predicted octanol–water partition coefficient (Wildman–Crippen LogP) is -0.415. The van der Waals surface area contributed by atoms with E-state index in [1.807, 2.05) is 0 Å². The Morgan fingerprint density at radius 3 is 2.38 bits per heavy atom. The van der Waals surface area contributed by atoms with Crippen LogP contribution >= 0.6 is 0 Å². The van der Waals surface area contributed by atoms with Crippen LogP contribution in [0.3, 0.4) is 0 Å². The fourth-order valence-electron chi connectivity index (χ4n) is 3.83. The molecule has 3 heterocycles. The second-order valence-corrected chi connectivity index (χ2v) is 6.52. The van der Waals surface area contributed by atoms with Crippen molar-refractivity contribution < 1.29 is 14.4 Å². The Balaban J connectivity index is 1.59. The Morgan fingerprint density at radius 1 is 1.21 bits per heavy atom. The number of H-pyrrole nitrogens is 1. The van der Waals surface area contributed by atoms with Crippen LogP contribution in [0, 0.1) is 0 Å². The highest BCUT2D eigenvalue weighted by Gasteiger charge is 2.41.